The van der Waals surface area contributed by atoms with Crippen LogP contribution >= 0.6 is 0 Å². The van der Waals surface area contributed by atoms with Gasteiger partial charge in [-0.1, -0.05) is 19.6 Å². The summed E-state index contributed by atoms with van der Waals surface area (Å²) in [5.41, 5.74) is 2.25. The lowest BCUT2D eigenvalue weighted by Gasteiger charge is -2.20. The lowest BCUT2D eigenvalue weighted by Crippen LogP contribution is -2.28. The van der Waals surface area contributed by atoms with Gasteiger partial charge in [0.25, 0.3) is 0 Å². The number of nitrogens with zero attached hydrogens (tertiary/aromatic N) is 1. The number of nitrogens with one attached hydrogen (secondary N) is 1. The molecule has 1 aromatic rings. The van der Waals surface area contributed by atoms with Gasteiger partial charge in [-0.15, -0.1) is 0 Å². The van der Waals surface area contributed by atoms with Crippen LogP contribution in [0.2, 0.25) is 0 Å². The number of aromatic amines is 1. The summed E-state index contributed by atoms with van der Waals surface area (Å²) in [6, 6.07) is 1.99. The highest BCUT2D eigenvalue weighted by molar-refractivity contribution is 5.72. The Morgan fingerprint density at radius 2 is 2.40 bits per heavy atom. The summed E-state index contributed by atoms with van der Waals surface area (Å²) < 4.78 is 0. The summed E-state index contributed by atoms with van der Waals surface area (Å²) in [4.78, 5) is 16.0. The van der Waals surface area contributed by atoms with Crippen LogP contribution in [0.5, 0.6) is 0 Å². The predicted octanol–water partition coefficient (Wildman–Crippen LogP) is 2.24. The molecular weight excluding hydrogens is 188 g/mol. The molecule has 0 aliphatic carbocycles. The standard InChI is InChI=1S/C12H18N2O/c1-5-11-6-7-13-12(11)9(2)8-14(4)10(3)15/h5-7,9,13H,1,8H2,2-4H3. The van der Waals surface area contributed by atoms with Gasteiger partial charge in [0.15, 0.2) is 0 Å². The van der Waals surface area contributed by atoms with Crippen LogP contribution in [0.25, 0.3) is 6.08 Å². The Hall–Kier alpha value is -1.51. The molecule has 1 unspecified atom stereocenters. The van der Waals surface area contributed by atoms with E-state index < -0.39 is 0 Å². The summed E-state index contributed by atoms with van der Waals surface area (Å²) in [6.45, 7) is 8.15. The Morgan fingerprint density at radius 3 is 2.93 bits per heavy atom. The fourth-order valence-electron chi connectivity index (χ4n) is 1.63. The second-order valence-electron chi connectivity index (χ2n) is 3.85. The molecule has 0 aromatic carbocycles. The third-order valence-electron chi connectivity index (χ3n) is 2.61. The highest BCUT2D eigenvalue weighted by Gasteiger charge is 2.13. The van der Waals surface area contributed by atoms with Gasteiger partial charge in [0.2, 0.25) is 5.91 Å². The van der Waals surface area contributed by atoms with Gasteiger partial charge in [-0.3, -0.25) is 4.79 Å². The fourth-order valence-corrected chi connectivity index (χ4v) is 1.63. The zero-order chi connectivity index (χ0) is 11.4. The van der Waals surface area contributed by atoms with E-state index in [2.05, 4.69) is 18.5 Å². The van der Waals surface area contributed by atoms with Crippen LogP contribution < -0.4 is 0 Å². The molecule has 1 heterocycles. The van der Waals surface area contributed by atoms with Gasteiger partial charge in [0, 0.05) is 38.3 Å². The molecular formula is C12H18N2O. The molecule has 0 bridgehead atoms. The minimum Gasteiger partial charge on any atom is -0.364 e. The monoisotopic (exact) mass is 206 g/mol. The van der Waals surface area contributed by atoms with Gasteiger partial charge in [0.1, 0.15) is 0 Å². The third-order valence-corrected chi connectivity index (χ3v) is 2.61. The third kappa shape index (κ3) is 2.72. The van der Waals surface area contributed by atoms with Crippen LogP contribution in [-0.4, -0.2) is 29.4 Å². The summed E-state index contributed by atoms with van der Waals surface area (Å²) in [7, 11) is 1.81. The van der Waals surface area contributed by atoms with Crippen molar-refractivity contribution < 1.29 is 4.79 Å². The zero-order valence-corrected chi connectivity index (χ0v) is 9.58. The van der Waals surface area contributed by atoms with E-state index in [1.165, 1.54) is 0 Å². The van der Waals surface area contributed by atoms with Crippen LogP contribution in [0.1, 0.15) is 31.0 Å². The molecule has 0 fully saturated rings. The summed E-state index contributed by atoms with van der Waals surface area (Å²) in [5.74, 6) is 0.385. The van der Waals surface area contributed by atoms with Crippen molar-refractivity contribution in [3.63, 3.8) is 0 Å². The normalized spacial score (nSPS) is 12.2. The maximum Gasteiger partial charge on any atom is 0.219 e. The van der Waals surface area contributed by atoms with Crippen molar-refractivity contribution in [2.45, 2.75) is 19.8 Å². The average Bonchev–Trinajstić information content (AvgIpc) is 2.64. The van der Waals surface area contributed by atoms with E-state index in [0.29, 0.717) is 5.92 Å². The van der Waals surface area contributed by atoms with Crippen molar-refractivity contribution in [3.8, 4) is 0 Å². The number of hydrogen-bond donors (Lipinski definition) is 1. The molecule has 0 aliphatic rings. The molecule has 3 nitrogen and oxygen atoms in total. The Morgan fingerprint density at radius 1 is 1.73 bits per heavy atom. The van der Waals surface area contributed by atoms with Crippen molar-refractivity contribution in [1.29, 1.82) is 0 Å². The zero-order valence-electron chi connectivity index (χ0n) is 9.58. The first-order valence-corrected chi connectivity index (χ1v) is 5.07. The summed E-state index contributed by atoms with van der Waals surface area (Å²) in [6.07, 6.45) is 3.73. The summed E-state index contributed by atoms with van der Waals surface area (Å²) in [5, 5.41) is 0. The average molecular weight is 206 g/mol. The SMILES string of the molecule is C=Cc1cc[nH]c1C(C)CN(C)C(C)=O. The maximum atomic E-state index is 11.1. The Kier molecular flexibility index (Phi) is 3.72. The molecule has 1 atom stereocenters. The van der Waals surface area contributed by atoms with Gasteiger partial charge in [0.05, 0.1) is 0 Å². The maximum absolute atomic E-state index is 11.1. The minimum absolute atomic E-state index is 0.0913. The molecule has 82 valence electrons. The number of H-pyrrole nitrogens is 1. The second kappa shape index (κ2) is 4.82. The lowest BCUT2D eigenvalue weighted by molar-refractivity contribution is -0.127. The molecule has 1 amide bonds. The van der Waals surface area contributed by atoms with E-state index in [1.807, 2.05) is 25.4 Å². The Labute approximate surface area is 90.8 Å². The first-order chi connectivity index (χ1) is 7.06. The topological polar surface area (TPSA) is 36.1 Å². The molecule has 0 spiro atoms. The van der Waals surface area contributed by atoms with Gasteiger partial charge in [-0.05, 0) is 11.6 Å². The minimum atomic E-state index is 0.0913. The number of rotatable bonds is 4. The summed E-state index contributed by atoms with van der Waals surface area (Å²) >= 11 is 0. The van der Waals surface area contributed by atoms with E-state index in [1.54, 1.807) is 11.8 Å². The van der Waals surface area contributed by atoms with Gasteiger partial charge in [-0.25, -0.2) is 0 Å². The predicted molar refractivity (Wildman–Crippen MR) is 62.6 cm³/mol. The van der Waals surface area contributed by atoms with Crippen molar-refractivity contribution in [2.24, 2.45) is 0 Å². The van der Waals surface area contributed by atoms with Crippen LogP contribution in [-0.2, 0) is 4.79 Å². The number of hydrogen-bond acceptors (Lipinski definition) is 1. The van der Waals surface area contributed by atoms with E-state index in [-0.39, 0.29) is 5.91 Å². The largest absolute Gasteiger partial charge is 0.364 e. The highest BCUT2D eigenvalue weighted by Crippen LogP contribution is 2.19. The van der Waals surface area contributed by atoms with Gasteiger partial charge in [-0.2, -0.15) is 0 Å². The van der Waals surface area contributed by atoms with E-state index in [0.717, 1.165) is 17.8 Å². The smallest absolute Gasteiger partial charge is 0.219 e. The molecule has 0 saturated heterocycles. The molecule has 3 heteroatoms. The highest BCUT2D eigenvalue weighted by atomic mass is 16.2. The molecule has 0 aliphatic heterocycles. The quantitative estimate of drug-likeness (QED) is 0.805. The number of likely N-dealkylation sites (N-methyl/N-ethyl adjacent to an activating group) is 1. The molecule has 1 aromatic heterocycles. The van der Waals surface area contributed by atoms with Crippen molar-refractivity contribution in [2.75, 3.05) is 13.6 Å². The number of carbonyl (C=O) groups excluding carboxylic acids is 1. The molecule has 1 rings (SSSR count). The lowest BCUT2D eigenvalue weighted by atomic mass is 10.0. The molecule has 0 saturated carbocycles. The first kappa shape index (κ1) is 11.6. The van der Waals surface area contributed by atoms with Crippen molar-refractivity contribution >= 4 is 12.0 Å². The Balaban J connectivity index is 2.72. The fraction of sp³-hybridized carbons (Fsp3) is 0.417. The van der Waals surface area contributed by atoms with Crippen LogP contribution in [0, 0.1) is 0 Å². The Bertz CT molecular complexity index is 354. The van der Waals surface area contributed by atoms with Gasteiger partial charge >= 0.3 is 0 Å². The molecule has 0 radical (unpaired) electrons. The van der Waals surface area contributed by atoms with Crippen molar-refractivity contribution in [1.82, 2.24) is 9.88 Å². The molecule has 1 N–H and O–H groups in total. The molecule has 15 heavy (non-hydrogen) atoms. The second-order valence-corrected chi connectivity index (χ2v) is 3.85. The van der Waals surface area contributed by atoms with Gasteiger partial charge < -0.3 is 9.88 Å². The van der Waals surface area contributed by atoms with Crippen LogP contribution in [0.15, 0.2) is 18.8 Å². The number of amides is 1. The number of aromatic nitrogens is 1. The van der Waals surface area contributed by atoms with Crippen LogP contribution in [0.4, 0.5) is 0 Å². The number of carbonyl (C=O) groups is 1. The van der Waals surface area contributed by atoms with Crippen molar-refractivity contribution in [3.05, 3.63) is 30.1 Å². The van der Waals surface area contributed by atoms with E-state index >= 15 is 0 Å². The first-order valence-electron chi connectivity index (χ1n) is 5.07. The van der Waals surface area contributed by atoms with E-state index in [4.69, 9.17) is 0 Å². The van der Waals surface area contributed by atoms with E-state index in [9.17, 15) is 4.79 Å². The van der Waals surface area contributed by atoms with Crippen LogP contribution in [0.3, 0.4) is 0 Å².